The van der Waals surface area contributed by atoms with Gasteiger partial charge in [-0.3, -0.25) is 14.5 Å². The highest BCUT2D eigenvalue weighted by molar-refractivity contribution is 8.00. The zero-order chi connectivity index (χ0) is 19.3. The molecule has 0 spiro atoms. The van der Waals surface area contributed by atoms with Crippen molar-refractivity contribution in [3.8, 4) is 0 Å². The third-order valence-corrected chi connectivity index (χ3v) is 7.19. The second kappa shape index (κ2) is 6.66. The molecule has 27 heavy (non-hydrogen) atoms. The van der Waals surface area contributed by atoms with Gasteiger partial charge in [0.2, 0.25) is 5.91 Å². The van der Waals surface area contributed by atoms with Crippen molar-refractivity contribution in [2.24, 2.45) is 5.73 Å². The van der Waals surface area contributed by atoms with Gasteiger partial charge in [0.05, 0.1) is 0 Å². The number of aliphatic carboxylic acids is 1. The van der Waals surface area contributed by atoms with E-state index in [2.05, 4.69) is 5.32 Å². The molecular weight excluding hydrogens is 386 g/mol. The highest BCUT2D eigenvalue weighted by Crippen LogP contribution is 2.40. The molecule has 1 aromatic heterocycles. The molecule has 3 atom stereocenters. The van der Waals surface area contributed by atoms with Crippen molar-refractivity contribution in [1.82, 2.24) is 10.2 Å². The standard InChI is InChI=1S/C18H17N3O4S2/c1-8-6-27-17-13(16(23)21(17)14(8)18(24)25)20-15(22)12(19)10-7-26-11-5-3-2-4-9(10)11/h2-5,7,12-13,17H,6,19H2,1H3,(H,20,22)(H,24,25)/t12-,13-,17-/m1/s1. The molecule has 7 nitrogen and oxygen atoms in total. The quantitative estimate of drug-likeness (QED) is 0.669. The minimum Gasteiger partial charge on any atom is -0.477 e. The fourth-order valence-corrected chi connectivity index (χ4v) is 5.69. The van der Waals surface area contributed by atoms with E-state index in [4.69, 9.17) is 5.73 Å². The predicted octanol–water partition coefficient (Wildman–Crippen LogP) is 1.66. The molecule has 3 heterocycles. The zero-order valence-electron chi connectivity index (χ0n) is 14.3. The summed E-state index contributed by atoms with van der Waals surface area (Å²) in [5.41, 5.74) is 7.52. The highest BCUT2D eigenvalue weighted by atomic mass is 32.2. The molecule has 0 bridgehead atoms. The van der Waals surface area contributed by atoms with Gasteiger partial charge in [-0.15, -0.1) is 23.1 Å². The van der Waals surface area contributed by atoms with Crippen LogP contribution in [0.3, 0.4) is 0 Å². The normalized spacial score (nSPS) is 23.0. The number of hydrogen-bond donors (Lipinski definition) is 3. The van der Waals surface area contributed by atoms with E-state index < -0.39 is 35.2 Å². The Hall–Kier alpha value is -2.36. The number of nitrogens with zero attached hydrogens (tertiary/aromatic N) is 1. The van der Waals surface area contributed by atoms with Crippen molar-refractivity contribution in [1.29, 1.82) is 0 Å². The second-order valence-electron chi connectivity index (χ2n) is 6.50. The molecule has 1 aromatic carbocycles. The summed E-state index contributed by atoms with van der Waals surface area (Å²) in [6, 6.07) is 6.02. The first-order chi connectivity index (χ1) is 12.9. The molecule has 2 amide bonds. The van der Waals surface area contributed by atoms with Crippen LogP contribution < -0.4 is 11.1 Å². The van der Waals surface area contributed by atoms with Gasteiger partial charge >= 0.3 is 5.97 Å². The maximum absolute atomic E-state index is 12.6. The summed E-state index contributed by atoms with van der Waals surface area (Å²) in [5.74, 6) is -1.48. The molecule has 4 rings (SSSR count). The third kappa shape index (κ3) is 2.82. The zero-order valence-corrected chi connectivity index (χ0v) is 16.0. The number of nitrogens with two attached hydrogens (primary N) is 1. The van der Waals surface area contributed by atoms with E-state index in [0.717, 1.165) is 15.6 Å². The van der Waals surface area contributed by atoms with Crippen LogP contribution in [0.5, 0.6) is 0 Å². The number of thioether (sulfide) groups is 1. The van der Waals surface area contributed by atoms with E-state index >= 15 is 0 Å². The van der Waals surface area contributed by atoms with E-state index in [1.165, 1.54) is 28.0 Å². The Morgan fingerprint density at radius 2 is 2.11 bits per heavy atom. The molecule has 2 aliphatic rings. The first-order valence-corrected chi connectivity index (χ1v) is 10.2. The molecule has 1 fully saturated rings. The molecule has 2 aliphatic heterocycles. The number of benzene rings is 1. The molecule has 0 unspecified atom stereocenters. The number of fused-ring (bicyclic) bond motifs is 2. The first-order valence-electron chi connectivity index (χ1n) is 8.30. The Labute approximate surface area is 163 Å². The maximum atomic E-state index is 12.6. The number of carboxylic acid groups (broad SMARTS) is 1. The van der Waals surface area contributed by atoms with Gasteiger partial charge in [-0.25, -0.2) is 4.79 Å². The van der Waals surface area contributed by atoms with Crippen LogP contribution in [0.15, 0.2) is 40.9 Å². The van der Waals surface area contributed by atoms with Crippen molar-refractivity contribution < 1.29 is 19.5 Å². The average molecular weight is 403 g/mol. The number of carboxylic acids is 1. The van der Waals surface area contributed by atoms with Crippen molar-refractivity contribution in [3.63, 3.8) is 0 Å². The molecule has 1 saturated heterocycles. The number of carbonyl (C=O) groups is 3. The van der Waals surface area contributed by atoms with Crippen LogP contribution >= 0.6 is 23.1 Å². The fourth-order valence-electron chi connectivity index (χ4n) is 3.40. The average Bonchev–Trinajstić information content (AvgIpc) is 3.08. The molecular formula is C18H17N3O4S2. The summed E-state index contributed by atoms with van der Waals surface area (Å²) in [7, 11) is 0. The summed E-state index contributed by atoms with van der Waals surface area (Å²) < 4.78 is 1.04. The van der Waals surface area contributed by atoms with E-state index in [0.29, 0.717) is 11.3 Å². The SMILES string of the molecule is CC1=C(C(=O)O)N2C(=O)[C@@H](NC(=O)[C@H](N)c3csc4ccccc34)[C@H]2SC1. The van der Waals surface area contributed by atoms with Crippen LogP contribution in [-0.2, 0) is 14.4 Å². The summed E-state index contributed by atoms with van der Waals surface area (Å²) in [5, 5.41) is 14.4. The van der Waals surface area contributed by atoms with E-state index in [1.807, 2.05) is 29.6 Å². The number of β-lactam (4-membered cyclic amide) rings is 1. The number of hydrogen-bond acceptors (Lipinski definition) is 6. The monoisotopic (exact) mass is 403 g/mol. The van der Waals surface area contributed by atoms with Gasteiger partial charge in [0.1, 0.15) is 23.2 Å². The van der Waals surface area contributed by atoms with Gasteiger partial charge < -0.3 is 16.2 Å². The Morgan fingerprint density at radius 3 is 2.85 bits per heavy atom. The van der Waals surface area contributed by atoms with Crippen molar-refractivity contribution in [2.75, 3.05) is 5.75 Å². The van der Waals surface area contributed by atoms with Gasteiger partial charge in [-0.2, -0.15) is 0 Å². The topological polar surface area (TPSA) is 113 Å². The summed E-state index contributed by atoms with van der Waals surface area (Å²) in [6.07, 6.45) is 0. The summed E-state index contributed by atoms with van der Waals surface area (Å²) in [6.45, 7) is 1.70. The number of amides is 2. The first kappa shape index (κ1) is 18.0. The van der Waals surface area contributed by atoms with E-state index in [1.54, 1.807) is 6.92 Å². The fraction of sp³-hybridized carbons (Fsp3) is 0.278. The smallest absolute Gasteiger partial charge is 0.352 e. The van der Waals surface area contributed by atoms with E-state index in [9.17, 15) is 19.5 Å². The predicted molar refractivity (Wildman–Crippen MR) is 104 cm³/mol. The second-order valence-corrected chi connectivity index (χ2v) is 8.51. The van der Waals surface area contributed by atoms with E-state index in [-0.39, 0.29) is 5.70 Å². The summed E-state index contributed by atoms with van der Waals surface area (Å²) in [4.78, 5) is 37.8. The van der Waals surface area contributed by atoms with Crippen molar-refractivity contribution in [3.05, 3.63) is 46.5 Å². The molecule has 9 heteroatoms. The highest BCUT2D eigenvalue weighted by Gasteiger charge is 2.53. The Kier molecular flexibility index (Phi) is 4.45. The molecule has 4 N–H and O–H groups in total. The van der Waals surface area contributed by atoms with Gasteiger partial charge in [-0.1, -0.05) is 18.2 Å². The van der Waals surface area contributed by atoms with Crippen LogP contribution in [0.25, 0.3) is 10.1 Å². The number of nitrogens with one attached hydrogen (secondary N) is 1. The van der Waals surface area contributed by atoms with Crippen molar-refractivity contribution >= 4 is 51.0 Å². The maximum Gasteiger partial charge on any atom is 0.352 e. The molecule has 0 aliphatic carbocycles. The largest absolute Gasteiger partial charge is 0.477 e. The molecule has 2 aromatic rings. The number of thiophene rings is 1. The third-order valence-electron chi connectivity index (χ3n) is 4.79. The van der Waals surface area contributed by atoms with Gasteiger partial charge in [0, 0.05) is 10.5 Å². The van der Waals surface area contributed by atoms with Crippen LogP contribution in [0, 0.1) is 0 Å². The van der Waals surface area contributed by atoms with Gasteiger partial charge in [-0.05, 0) is 34.9 Å². The van der Waals surface area contributed by atoms with Crippen LogP contribution in [-0.4, -0.2) is 45.0 Å². The Balaban J connectivity index is 1.51. The molecule has 140 valence electrons. The lowest BCUT2D eigenvalue weighted by molar-refractivity contribution is -0.150. The molecule has 0 saturated carbocycles. The summed E-state index contributed by atoms with van der Waals surface area (Å²) >= 11 is 2.95. The van der Waals surface area contributed by atoms with Gasteiger partial charge in [0.15, 0.2) is 0 Å². The lowest BCUT2D eigenvalue weighted by Crippen LogP contribution is -2.71. The lowest BCUT2D eigenvalue weighted by atomic mass is 10.0. The Bertz CT molecular complexity index is 999. The van der Waals surface area contributed by atoms with Crippen LogP contribution in [0.2, 0.25) is 0 Å². The minimum absolute atomic E-state index is 0.0161. The van der Waals surface area contributed by atoms with Crippen molar-refractivity contribution in [2.45, 2.75) is 24.4 Å². The molecule has 0 radical (unpaired) electrons. The van der Waals surface area contributed by atoms with Gasteiger partial charge in [0.25, 0.3) is 5.91 Å². The van der Waals surface area contributed by atoms with Crippen LogP contribution in [0.1, 0.15) is 18.5 Å². The Morgan fingerprint density at radius 1 is 1.37 bits per heavy atom. The number of rotatable bonds is 4. The minimum atomic E-state index is -1.13. The lowest BCUT2D eigenvalue weighted by Gasteiger charge is -2.49. The van der Waals surface area contributed by atoms with Crippen LogP contribution in [0.4, 0.5) is 0 Å². The number of carbonyl (C=O) groups excluding carboxylic acids is 2.